The summed E-state index contributed by atoms with van der Waals surface area (Å²) in [5.74, 6) is -0.696. The van der Waals surface area contributed by atoms with Crippen LogP contribution in [0.4, 0.5) is 5.69 Å². The highest BCUT2D eigenvalue weighted by atomic mass is 32.2. The molecule has 0 radical (unpaired) electrons. The monoisotopic (exact) mass is 394 g/mol. The van der Waals surface area contributed by atoms with Crippen molar-refractivity contribution in [3.05, 3.63) is 66.4 Å². The molecule has 7 heteroatoms. The lowest BCUT2D eigenvalue weighted by Gasteiger charge is -2.09. The van der Waals surface area contributed by atoms with E-state index in [4.69, 9.17) is 0 Å². The lowest BCUT2D eigenvalue weighted by atomic mass is 10.1. The standard InChI is InChI=1S/C21H22N4O2S/c1-2-15-8-6-7-11-17(15)24-20(27)19(26)22-12-13-28-21-23-14-18(25-21)16-9-4-3-5-10-16/h3-11,14H,2,12-13H2,1H3,(H,22,26)(H,23,25)(H,24,27). The maximum absolute atomic E-state index is 12.1. The molecule has 0 unspecified atom stereocenters. The van der Waals surface area contributed by atoms with Crippen LogP contribution >= 0.6 is 11.8 Å². The normalized spacial score (nSPS) is 10.5. The first-order chi connectivity index (χ1) is 13.7. The van der Waals surface area contributed by atoms with E-state index in [1.54, 1.807) is 12.3 Å². The van der Waals surface area contributed by atoms with Gasteiger partial charge in [0.25, 0.3) is 0 Å². The van der Waals surface area contributed by atoms with Gasteiger partial charge in [-0.3, -0.25) is 9.59 Å². The van der Waals surface area contributed by atoms with E-state index in [0.29, 0.717) is 18.0 Å². The summed E-state index contributed by atoms with van der Waals surface area (Å²) in [6, 6.07) is 17.4. The molecule has 0 aliphatic rings. The number of benzene rings is 2. The van der Waals surface area contributed by atoms with Crippen LogP contribution in [0.3, 0.4) is 0 Å². The molecule has 2 amide bonds. The molecule has 144 valence electrons. The molecule has 1 aromatic heterocycles. The highest BCUT2D eigenvalue weighted by molar-refractivity contribution is 7.99. The zero-order chi connectivity index (χ0) is 19.8. The summed E-state index contributed by atoms with van der Waals surface area (Å²) >= 11 is 1.49. The molecule has 0 aliphatic carbocycles. The Morgan fingerprint density at radius 3 is 2.57 bits per heavy atom. The van der Waals surface area contributed by atoms with E-state index in [-0.39, 0.29) is 0 Å². The van der Waals surface area contributed by atoms with E-state index in [9.17, 15) is 9.59 Å². The number of aromatic amines is 1. The number of carbonyl (C=O) groups is 2. The second-order valence-corrected chi connectivity index (χ2v) is 7.12. The van der Waals surface area contributed by atoms with Crippen LogP contribution in [-0.4, -0.2) is 34.1 Å². The van der Waals surface area contributed by atoms with Gasteiger partial charge in [-0.2, -0.15) is 0 Å². The van der Waals surface area contributed by atoms with Crippen molar-refractivity contribution in [2.24, 2.45) is 0 Å². The number of amides is 2. The Labute approximate surface area is 168 Å². The van der Waals surface area contributed by atoms with Gasteiger partial charge in [0, 0.05) is 18.0 Å². The number of nitrogens with one attached hydrogen (secondary N) is 3. The van der Waals surface area contributed by atoms with Crippen molar-refractivity contribution in [3.63, 3.8) is 0 Å². The van der Waals surface area contributed by atoms with E-state index < -0.39 is 11.8 Å². The molecule has 0 aliphatic heterocycles. The first-order valence-corrected chi connectivity index (χ1v) is 10.1. The molecule has 0 bridgehead atoms. The van der Waals surface area contributed by atoms with Crippen molar-refractivity contribution in [3.8, 4) is 11.3 Å². The SMILES string of the molecule is CCc1ccccc1NC(=O)C(=O)NCCSc1ncc(-c2ccccc2)[nH]1. The third-order valence-corrected chi connectivity index (χ3v) is 5.01. The highest BCUT2D eigenvalue weighted by Crippen LogP contribution is 2.20. The first kappa shape index (κ1) is 19.7. The van der Waals surface area contributed by atoms with Crippen LogP contribution in [0.25, 0.3) is 11.3 Å². The van der Waals surface area contributed by atoms with Gasteiger partial charge < -0.3 is 15.6 Å². The predicted molar refractivity (Wildman–Crippen MR) is 112 cm³/mol. The minimum absolute atomic E-state index is 0.369. The third kappa shape index (κ3) is 5.23. The third-order valence-electron chi connectivity index (χ3n) is 4.12. The maximum Gasteiger partial charge on any atom is 0.313 e. The van der Waals surface area contributed by atoms with Gasteiger partial charge in [-0.05, 0) is 23.6 Å². The van der Waals surface area contributed by atoms with Crippen molar-refractivity contribution in [2.75, 3.05) is 17.6 Å². The minimum atomic E-state index is -0.657. The lowest BCUT2D eigenvalue weighted by Crippen LogP contribution is -2.36. The van der Waals surface area contributed by atoms with E-state index in [1.807, 2.05) is 55.5 Å². The first-order valence-electron chi connectivity index (χ1n) is 9.07. The number of carbonyl (C=O) groups excluding carboxylic acids is 2. The number of hydrogen-bond acceptors (Lipinski definition) is 4. The predicted octanol–water partition coefficient (Wildman–Crippen LogP) is 3.49. The van der Waals surface area contributed by atoms with E-state index in [1.165, 1.54) is 11.8 Å². The van der Waals surface area contributed by atoms with Crippen molar-refractivity contribution in [1.82, 2.24) is 15.3 Å². The molecule has 0 fully saturated rings. The van der Waals surface area contributed by atoms with Crippen LogP contribution in [0, 0.1) is 0 Å². The average Bonchev–Trinajstić information content (AvgIpc) is 3.21. The number of aromatic nitrogens is 2. The lowest BCUT2D eigenvalue weighted by molar-refractivity contribution is -0.136. The Bertz CT molecular complexity index is 940. The smallest absolute Gasteiger partial charge is 0.313 e. The van der Waals surface area contributed by atoms with Crippen molar-refractivity contribution in [1.29, 1.82) is 0 Å². The van der Waals surface area contributed by atoms with Crippen molar-refractivity contribution < 1.29 is 9.59 Å². The molecule has 0 saturated carbocycles. The molecule has 1 heterocycles. The van der Waals surface area contributed by atoms with Crippen LogP contribution in [0.15, 0.2) is 66.0 Å². The van der Waals surface area contributed by atoms with E-state index >= 15 is 0 Å². The number of para-hydroxylation sites is 1. The summed E-state index contributed by atoms with van der Waals surface area (Å²) in [5, 5.41) is 6.07. The number of thioether (sulfide) groups is 1. The molecular formula is C21H22N4O2S. The van der Waals surface area contributed by atoms with Gasteiger partial charge in [-0.15, -0.1) is 0 Å². The van der Waals surface area contributed by atoms with Gasteiger partial charge >= 0.3 is 11.8 Å². The molecule has 2 aromatic carbocycles. The van der Waals surface area contributed by atoms with Crippen LogP contribution in [0.1, 0.15) is 12.5 Å². The second kappa shape index (κ2) is 9.75. The summed E-state index contributed by atoms with van der Waals surface area (Å²) in [5.41, 5.74) is 3.68. The molecule has 3 rings (SSSR count). The molecule has 0 spiro atoms. The van der Waals surface area contributed by atoms with Gasteiger partial charge in [0.2, 0.25) is 0 Å². The zero-order valence-corrected chi connectivity index (χ0v) is 16.4. The Hall–Kier alpha value is -3.06. The van der Waals surface area contributed by atoms with E-state index in [2.05, 4.69) is 20.6 Å². The second-order valence-electron chi connectivity index (χ2n) is 6.04. The molecule has 6 nitrogen and oxygen atoms in total. The number of H-pyrrole nitrogens is 1. The molecule has 0 saturated heterocycles. The molecule has 28 heavy (non-hydrogen) atoms. The number of rotatable bonds is 7. The zero-order valence-electron chi connectivity index (χ0n) is 15.6. The summed E-state index contributed by atoms with van der Waals surface area (Å²) in [6.45, 7) is 2.37. The highest BCUT2D eigenvalue weighted by Gasteiger charge is 2.14. The van der Waals surface area contributed by atoms with Crippen LogP contribution in [0.5, 0.6) is 0 Å². The van der Waals surface area contributed by atoms with E-state index in [0.717, 1.165) is 28.4 Å². The number of imidazole rings is 1. The minimum Gasteiger partial charge on any atom is -0.347 e. The Morgan fingerprint density at radius 1 is 1.04 bits per heavy atom. The maximum atomic E-state index is 12.1. The molecule has 0 atom stereocenters. The Morgan fingerprint density at radius 2 is 1.79 bits per heavy atom. The Balaban J connectivity index is 1.43. The summed E-state index contributed by atoms with van der Waals surface area (Å²) < 4.78 is 0. The van der Waals surface area contributed by atoms with Crippen LogP contribution in [-0.2, 0) is 16.0 Å². The largest absolute Gasteiger partial charge is 0.347 e. The number of hydrogen-bond donors (Lipinski definition) is 3. The van der Waals surface area contributed by atoms with Gasteiger partial charge in [0.05, 0.1) is 11.9 Å². The molecule has 3 N–H and O–H groups in total. The van der Waals surface area contributed by atoms with Gasteiger partial charge in [-0.25, -0.2) is 4.98 Å². The Kier molecular flexibility index (Phi) is 6.86. The van der Waals surface area contributed by atoms with Crippen molar-refractivity contribution in [2.45, 2.75) is 18.5 Å². The number of nitrogens with zero attached hydrogens (tertiary/aromatic N) is 1. The average molecular weight is 395 g/mol. The quantitative estimate of drug-likeness (QED) is 0.325. The summed E-state index contributed by atoms with van der Waals surface area (Å²) in [4.78, 5) is 31.6. The van der Waals surface area contributed by atoms with Crippen LogP contribution in [0.2, 0.25) is 0 Å². The summed E-state index contributed by atoms with van der Waals surface area (Å²) in [7, 11) is 0. The fourth-order valence-corrected chi connectivity index (χ4v) is 3.37. The van der Waals surface area contributed by atoms with Gasteiger partial charge in [-0.1, -0.05) is 67.2 Å². The summed E-state index contributed by atoms with van der Waals surface area (Å²) in [6.07, 6.45) is 2.57. The molecule has 3 aromatic rings. The van der Waals surface area contributed by atoms with Crippen LogP contribution < -0.4 is 10.6 Å². The molecular weight excluding hydrogens is 372 g/mol. The topological polar surface area (TPSA) is 86.9 Å². The fourth-order valence-electron chi connectivity index (χ4n) is 2.66. The van der Waals surface area contributed by atoms with Crippen molar-refractivity contribution >= 4 is 29.3 Å². The van der Waals surface area contributed by atoms with Gasteiger partial charge in [0.1, 0.15) is 0 Å². The number of anilines is 1. The fraction of sp³-hybridized carbons (Fsp3) is 0.190. The van der Waals surface area contributed by atoms with Gasteiger partial charge in [0.15, 0.2) is 5.16 Å². The number of aryl methyl sites for hydroxylation is 1.